The second-order valence-corrected chi connectivity index (χ2v) is 4.28. The van der Waals surface area contributed by atoms with E-state index in [9.17, 15) is 4.79 Å². The molecular formula is C9H13NOS. The second kappa shape index (κ2) is 3.27. The Bertz CT molecular complexity index is 301. The fourth-order valence-electron chi connectivity index (χ4n) is 1.09. The standard InChI is InChI=1S/C9H13NOS/c1-6-5-8(10(3)4)9(12-6)7(2)11/h5H,1-4H3. The predicted octanol–water partition coefficient (Wildman–Crippen LogP) is 2.33. The zero-order valence-electron chi connectivity index (χ0n) is 7.84. The average molecular weight is 183 g/mol. The molecule has 1 rings (SSSR count). The van der Waals surface area contributed by atoms with Crippen LogP contribution in [0.1, 0.15) is 21.5 Å². The molecule has 0 aliphatic carbocycles. The molecule has 0 N–H and O–H groups in total. The Morgan fingerprint density at radius 2 is 2.08 bits per heavy atom. The van der Waals surface area contributed by atoms with Gasteiger partial charge in [-0.1, -0.05) is 0 Å². The van der Waals surface area contributed by atoms with Crippen molar-refractivity contribution in [2.45, 2.75) is 13.8 Å². The van der Waals surface area contributed by atoms with Crippen LogP contribution >= 0.6 is 11.3 Å². The molecule has 0 aliphatic heterocycles. The van der Waals surface area contributed by atoms with Gasteiger partial charge < -0.3 is 4.90 Å². The topological polar surface area (TPSA) is 20.3 Å². The van der Waals surface area contributed by atoms with Crippen molar-refractivity contribution in [3.8, 4) is 0 Å². The van der Waals surface area contributed by atoms with Gasteiger partial charge in [0.1, 0.15) is 0 Å². The molecule has 3 heteroatoms. The molecule has 0 radical (unpaired) electrons. The van der Waals surface area contributed by atoms with Crippen LogP contribution < -0.4 is 4.90 Å². The SMILES string of the molecule is CC(=O)c1sc(C)cc1N(C)C. The highest BCUT2D eigenvalue weighted by atomic mass is 32.1. The van der Waals surface area contributed by atoms with Gasteiger partial charge in [0.05, 0.1) is 10.6 Å². The van der Waals surface area contributed by atoms with Crippen LogP contribution in [0, 0.1) is 6.92 Å². The summed E-state index contributed by atoms with van der Waals surface area (Å²) < 4.78 is 0. The van der Waals surface area contributed by atoms with Crippen LogP contribution in [0.3, 0.4) is 0 Å². The van der Waals surface area contributed by atoms with E-state index in [4.69, 9.17) is 0 Å². The van der Waals surface area contributed by atoms with Gasteiger partial charge in [-0.2, -0.15) is 0 Å². The summed E-state index contributed by atoms with van der Waals surface area (Å²) in [5, 5.41) is 0. The van der Waals surface area contributed by atoms with E-state index in [2.05, 4.69) is 0 Å². The predicted molar refractivity (Wildman–Crippen MR) is 53.4 cm³/mol. The molecule has 0 aliphatic rings. The third-order valence-corrected chi connectivity index (χ3v) is 2.78. The number of ketones is 1. The number of hydrogen-bond donors (Lipinski definition) is 0. The molecular weight excluding hydrogens is 170 g/mol. The van der Waals surface area contributed by atoms with Crippen LogP contribution in [0.4, 0.5) is 5.69 Å². The fraction of sp³-hybridized carbons (Fsp3) is 0.444. The molecule has 0 unspecified atom stereocenters. The number of carbonyl (C=O) groups excluding carboxylic acids is 1. The highest BCUT2D eigenvalue weighted by molar-refractivity contribution is 7.14. The molecule has 1 aromatic heterocycles. The minimum atomic E-state index is 0.150. The summed E-state index contributed by atoms with van der Waals surface area (Å²) >= 11 is 1.56. The Hall–Kier alpha value is -0.830. The van der Waals surface area contributed by atoms with E-state index in [-0.39, 0.29) is 5.78 Å². The van der Waals surface area contributed by atoms with E-state index in [0.29, 0.717) is 0 Å². The van der Waals surface area contributed by atoms with Crippen molar-refractivity contribution in [3.05, 3.63) is 15.8 Å². The van der Waals surface area contributed by atoms with E-state index in [1.807, 2.05) is 32.0 Å². The molecule has 0 fully saturated rings. The van der Waals surface area contributed by atoms with Crippen LogP contribution in [0.25, 0.3) is 0 Å². The molecule has 0 spiro atoms. The van der Waals surface area contributed by atoms with Crippen molar-refractivity contribution in [1.82, 2.24) is 0 Å². The first-order valence-electron chi connectivity index (χ1n) is 3.81. The Morgan fingerprint density at radius 3 is 2.42 bits per heavy atom. The number of nitrogens with zero attached hydrogens (tertiary/aromatic N) is 1. The lowest BCUT2D eigenvalue weighted by atomic mass is 10.3. The molecule has 0 amide bonds. The van der Waals surface area contributed by atoms with E-state index in [0.717, 1.165) is 10.6 Å². The summed E-state index contributed by atoms with van der Waals surface area (Å²) in [6.45, 7) is 3.63. The Morgan fingerprint density at radius 1 is 1.50 bits per heavy atom. The van der Waals surface area contributed by atoms with Gasteiger partial charge in [-0.05, 0) is 13.0 Å². The van der Waals surface area contributed by atoms with Gasteiger partial charge in [-0.25, -0.2) is 0 Å². The Labute approximate surface area is 76.8 Å². The van der Waals surface area contributed by atoms with Gasteiger partial charge in [0.2, 0.25) is 0 Å². The van der Waals surface area contributed by atoms with Crippen molar-refractivity contribution in [2.75, 3.05) is 19.0 Å². The molecule has 0 saturated carbocycles. The molecule has 0 aromatic carbocycles. The largest absolute Gasteiger partial charge is 0.376 e. The smallest absolute Gasteiger partial charge is 0.171 e. The summed E-state index contributed by atoms with van der Waals surface area (Å²) in [6.07, 6.45) is 0. The molecule has 2 nitrogen and oxygen atoms in total. The summed E-state index contributed by atoms with van der Waals surface area (Å²) in [6, 6.07) is 2.04. The number of anilines is 1. The summed E-state index contributed by atoms with van der Waals surface area (Å²) in [7, 11) is 3.90. The van der Waals surface area contributed by atoms with Crippen molar-refractivity contribution >= 4 is 22.8 Å². The molecule has 1 aromatic rings. The lowest BCUT2D eigenvalue weighted by Crippen LogP contribution is -2.10. The first-order valence-corrected chi connectivity index (χ1v) is 4.62. The van der Waals surface area contributed by atoms with Gasteiger partial charge >= 0.3 is 0 Å². The molecule has 0 saturated heterocycles. The number of Topliss-reactive ketones (excluding diaryl/α,β-unsaturated/α-hetero) is 1. The maximum Gasteiger partial charge on any atom is 0.171 e. The Kier molecular flexibility index (Phi) is 2.52. The Balaban J connectivity index is 3.17. The maximum absolute atomic E-state index is 11.2. The molecule has 0 atom stereocenters. The third kappa shape index (κ3) is 1.67. The maximum atomic E-state index is 11.2. The lowest BCUT2D eigenvalue weighted by Gasteiger charge is -2.10. The average Bonchev–Trinajstić information content (AvgIpc) is 2.31. The van der Waals surface area contributed by atoms with Crippen LogP contribution in [-0.2, 0) is 0 Å². The molecule has 12 heavy (non-hydrogen) atoms. The van der Waals surface area contributed by atoms with Crippen LogP contribution in [-0.4, -0.2) is 19.9 Å². The van der Waals surface area contributed by atoms with Crippen LogP contribution in [0.2, 0.25) is 0 Å². The van der Waals surface area contributed by atoms with Gasteiger partial charge in [-0.3, -0.25) is 4.79 Å². The normalized spacial score (nSPS) is 10.0. The van der Waals surface area contributed by atoms with Crippen molar-refractivity contribution in [2.24, 2.45) is 0 Å². The number of carbonyl (C=O) groups is 1. The fourth-order valence-corrected chi connectivity index (χ4v) is 2.07. The molecule has 66 valence electrons. The van der Waals surface area contributed by atoms with Crippen LogP contribution in [0.15, 0.2) is 6.07 Å². The van der Waals surface area contributed by atoms with E-state index < -0.39 is 0 Å². The summed E-state index contributed by atoms with van der Waals surface area (Å²) in [5.41, 5.74) is 1.03. The van der Waals surface area contributed by atoms with Crippen molar-refractivity contribution in [1.29, 1.82) is 0 Å². The minimum Gasteiger partial charge on any atom is -0.376 e. The van der Waals surface area contributed by atoms with Gasteiger partial charge in [0.15, 0.2) is 5.78 Å². The van der Waals surface area contributed by atoms with Gasteiger partial charge in [0.25, 0.3) is 0 Å². The first kappa shape index (κ1) is 9.26. The molecule has 0 bridgehead atoms. The number of thiophene rings is 1. The third-order valence-electron chi connectivity index (χ3n) is 1.64. The second-order valence-electron chi connectivity index (χ2n) is 3.02. The summed E-state index contributed by atoms with van der Waals surface area (Å²) in [4.78, 5) is 15.2. The zero-order valence-corrected chi connectivity index (χ0v) is 8.66. The van der Waals surface area contributed by atoms with E-state index in [1.165, 1.54) is 4.88 Å². The lowest BCUT2D eigenvalue weighted by molar-refractivity contribution is 0.102. The number of hydrogen-bond acceptors (Lipinski definition) is 3. The van der Waals surface area contributed by atoms with E-state index >= 15 is 0 Å². The van der Waals surface area contributed by atoms with Gasteiger partial charge in [0, 0.05) is 25.9 Å². The quantitative estimate of drug-likeness (QED) is 0.656. The highest BCUT2D eigenvalue weighted by Crippen LogP contribution is 2.28. The molecule has 1 heterocycles. The zero-order chi connectivity index (χ0) is 9.30. The van der Waals surface area contributed by atoms with E-state index in [1.54, 1.807) is 18.3 Å². The van der Waals surface area contributed by atoms with Crippen molar-refractivity contribution in [3.63, 3.8) is 0 Å². The first-order chi connectivity index (χ1) is 5.52. The van der Waals surface area contributed by atoms with Gasteiger partial charge in [-0.15, -0.1) is 11.3 Å². The number of aryl methyl sites for hydroxylation is 1. The number of rotatable bonds is 2. The van der Waals surface area contributed by atoms with Crippen molar-refractivity contribution < 1.29 is 4.79 Å². The summed E-state index contributed by atoms with van der Waals surface area (Å²) in [5.74, 6) is 0.150. The van der Waals surface area contributed by atoms with Crippen LogP contribution in [0.5, 0.6) is 0 Å². The highest BCUT2D eigenvalue weighted by Gasteiger charge is 2.11. The monoisotopic (exact) mass is 183 g/mol. The minimum absolute atomic E-state index is 0.150.